The van der Waals surface area contributed by atoms with Gasteiger partial charge in [-0.3, -0.25) is 0 Å². The number of hydrogen-bond acceptors (Lipinski definition) is 6. The van der Waals surface area contributed by atoms with Gasteiger partial charge in [-0.15, -0.1) is 0 Å². The molecule has 0 radical (unpaired) electrons. The molecule has 8 nitrogen and oxygen atoms in total. The first-order chi connectivity index (χ1) is 41.2. The molecule has 8 heteroatoms. The Balaban J connectivity index is 0.000000172. The molecule has 5 aromatic carbocycles. The monoisotopic (exact) mass is 1170 g/mol. The van der Waals surface area contributed by atoms with Gasteiger partial charge in [0, 0.05) is 51.0 Å². The Labute approximate surface area is 526 Å². The molecule has 0 saturated carbocycles. The number of piperazine rings is 1. The third kappa shape index (κ3) is 22.8. The minimum Gasteiger partial charge on any atom is -0.322 e. The third-order valence-electron chi connectivity index (χ3n) is 19.2. The maximum Gasteiger partial charge on any atom is 0.321 e. The quantitative estimate of drug-likeness (QED) is 0.134. The van der Waals surface area contributed by atoms with Gasteiger partial charge in [-0.2, -0.15) is 0 Å². The zero-order valence-electron chi connectivity index (χ0n) is 57.1. The van der Waals surface area contributed by atoms with Crippen LogP contribution in [0.3, 0.4) is 0 Å². The van der Waals surface area contributed by atoms with E-state index in [2.05, 4.69) is 256 Å². The van der Waals surface area contributed by atoms with Crippen LogP contribution in [0.15, 0.2) is 127 Å². The van der Waals surface area contributed by atoms with Gasteiger partial charge in [-0.25, -0.2) is 4.79 Å². The third-order valence-corrected chi connectivity index (χ3v) is 19.2. The topological polar surface area (TPSA) is 48.5 Å². The van der Waals surface area contributed by atoms with Gasteiger partial charge in [0.05, 0.1) is 0 Å². The Morgan fingerprint density at radius 2 is 0.767 bits per heavy atom. The van der Waals surface area contributed by atoms with Crippen LogP contribution >= 0.6 is 0 Å². The highest BCUT2D eigenvalue weighted by Crippen LogP contribution is 2.32. The summed E-state index contributed by atoms with van der Waals surface area (Å²) in [4.78, 5) is 26.1. The Morgan fingerprint density at radius 1 is 0.419 bits per heavy atom. The first kappa shape index (κ1) is 70.0. The normalized spacial score (nSPS) is 18.2. The number of carbonyl (C=O) groups excluding carboxylic acids is 1. The van der Waals surface area contributed by atoms with E-state index in [-0.39, 0.29) is 6.03 Å². The summed E-state index contributed by atoms with van der Waals surface area (Å²) in [7, 11) is 6.48. The van der Waals surface area contributed by atoms with Gasteiger partial charge in [0.15, 0.2) is 0 Å². The Kier molecular flexibility index (Phi) is 29.1. The molecule has 5 aromatic rings. The summed E-state index contributed by atoms with van der Waals surface area (Å²) >= 11 is 0. The van der Waals surface area contributed by atoms with E-state index in [1.165, 1.54) is 142 Å². The largest absolute Gasteiger partial charge is 0.322 e. The minimum absolute atomic E-state index is 0.00500. The van der Waals surface area contributed by atoms with E-state index < -0.39 is 0 Å². The number of amides is 2. The molecule has 10 rings (SSSR count). The summed E-state index contributed by atoms with van der Waals surface area (Å²) in [5.41, 5.74) is 15.5. The van der Waals surface area contributed by atoms with E-state index in [0.717, 1.165) is 56.2 Å². The summed E-state index contributed by atoms with van der Waals surface area (Å²) in [6.07, 6.45) is 11.5. The molecule has 0 aromatic heterocycles. The number of urea groups is 1. The molecule has 0 atom stereocenters. The zero-order valence-corrected chi connectivity index (χ0v) is 57.1. The molecule has 86 heavy (non-hydrogen) atoms. The van der Waals surface area contributed by atoms with Crippen LogP contribution in [-0.4, -0.2) is 148 Å². The average molecular weight is 1170 g/mol. The van der Waals surface area contributed by atoms with Crippen LogP contribution in [0.1, 0.15) is 232 Å². The number of rotatable bonds is 12. The number of carbonyl (C=O) groups is 1. The van der Waals surface area contributed by atoms with Gasteiger partial charge in [0.25, 0.3) is 0 Å². The van der Waals surface area contributed by atoms with Crippen LogP contribution in [0, 0.1) is 0 Å². The number of benzene rings is 5. The number of nitrogens with one attached hydrogen (secondary N) is 1. The number of hydrogen-bond donors (Lipinski definition) is 1. The lowest BCUT2D eigenvalue weighted by Crippen LogP contribution is -2.48. The lowest BCUT2D eigenvalue weighted by molar-refractivity contribution is 0.164. The molecule has 472 valence electrons. The standard InChI is InChI=1S/C17H27N.C16H25N.C15H23N3O.C15H23N.C15H21N/c1-13(2)15-5-7-16(8-6-15)17-9-11-18(12-10-17)14(3)4;1-4-17-11-9-16(10-12-17)15-7-5-14(6-8-15)13(2)3;1-12(2)13-4-6-14(7-5-13)16-15(19)18-10-8-17(3)9-11-18;2*1-12(2)13-4-6-14(7-5-13)15-8-10-16(3)11-9-15/h5-8,13-14,17H,9-12H2,1-4H3;5-8,13,16H,4,9-12H2,1-3H3;4-7,12H,8-11H2,1-3H3,(H,16,19);4-7,12,15H,8-11H2,1-3H3;4-8,12H,9-11H2,1-3H3. The average Bonchev–Trinajstić information content (AvgIpc) is 3.71. The van der Waals surface area contributed by atoms with E-state index in [1.54, 1.807) is 11.1 Å². The predicted molar refractivity (Wildman–Crippen MR) is 373 cm³/mol. The van der Waals surface area contributed by atoms with Crippen molar-refractivity contribution in [3.05, 3.63) is 177 Å². The summed E-state index contributed by atoms with van der Waals surface area (Å²) in [5, 5.41) is 2.96. The molecule has 5 aliphatic heterocycles. The van der Waals surface area contributed by atoms with Crippen molar-refractivity contribution in [2.75, 3.05) is 112 Å². The maximum atomic E-state index is 12.1. The summed E-state index contributed by atoms with van der Waals surface area (Å²) in [6.45, 7) is 43.7. The number of anilines is 1. The van der Waals surface area contributed by atoms with Crippen LogP contribution in [0.5, 0.6) is 0 Å². The lowest BCUT2D eigenvalue weighted by Gasteiger charge is -2.34. The van der Waals surface area contributed by atoms with E-state index >= 15 is 0 Å². The predicted octanol–water partition coefficient (Wildman–Crippen LogP) is 18.1. The molecule has 0 spiro atoms. The van der Waals surface area contributed by atoms with Crippen LogP contribution in [-0.2, 0) is 0 Å². The van der Waals surface area contributed by atoms with Crippen LogP contribution in [0.2, 0.25) is 0 Å². The summed E-state index contributed by atoms with van der Waals surface area (Å²) < 4.78 is 0. The van der Waals surface area contributed by atoms with Gasteiger partial charge in [-0.1, -0.05) is 191 Å². The van der Waals surface area contributed by atoms with Gasteiger partial charge < -0.3 is 34.7 Å². The number of piperidine rings is 3. The summed E-state index contributed by atoms with van der Waals surface area (Å²) in [5.74, 6) is 5.43. The van der Waals surface area contributed by atoms with Crippen molar-refractivity contribution in [1.29, 1.82) is 0 Å². The molecule has 2 amide bonds. The zero-order chi connectivity index (χ0) is 62.3. The Morgan fingerprint density at radius 3 is 1.12 bits per heavy atom. The number of likely N-dealkylation sites (tertiary alicyclic amines) is 3. The van der Waals surface area contributed by atoms with Gasteiger partial charge in [-0.05, 0) is 241 Å². The number of likely N-dealkylation sites (N-methyl/N-ethyl adjacent to an activating group) is 2. The van der Waals surface area contributed by atoms with Crippen molar-refractivity contribution < 1.29 is 4.79 Å². The maximum absolute atomic E-state index is 12.1. The van der Waals surface area contributed by atoms with Crippen LogP contribution < -0.4 is 5.32 Å². The first-order valence-electron chi connectivity index (χ1n) is 33.9. The molecule has 0 bridgehead atoms. The van der Waals surface area contributed by atoms with Crippen molar-refractivity contribution in [3.63, 3.8) is 0 Å². The Bertz CT molecular complexity index is 2680. The van der Waals surface area contributed by atoms with E-state index in [1.807, 2.05) is 17.0 Å². The second-order valence-electron chi connectivity index (χ2n) is 27.7. The van der Waals surface area contributed by atoms with Gasteiger partial charge in [0.2, 0.25) is 0 Å². The molecule has 4 saturated heterocycles. The molecular formula is C78H119N7O. The highest BCUT2D eigenvalue weighted by atomic mass is 16.2. The van der Waals surface area contributed by atoms with Gasteiger partial charge in [0.1, 0.15) is 0 Å². The van der Waals surface area contributed by atoms with Crippen molar-refractivity contribution in [1.82, 2.24) is 29.4 Å². The lowest BCUT2D eigenvalue weighted by atomic mass is 9.88. The SMILES string of the molecule is CC(C)c1ccc(C2=CCN(C)CC2)cc1.CC(C)c1ccc(C2CCN(C(C)C)CC2)cc1.CC(C)c1ccc(C2CCN(C)CC2)cc1.CC(C)c1ccc(NC(=O)N2CCN(C)CC2)cc1.CCN1CCC(c2ccc(C(C)C)cc2)CC1. The van der Waals surface area contributed by atoms with Crippen LogP contribution in [0.25, 0.3) is 5.57 Å². The summed E-state index contributed by atoms with van der Waals surface area (Å²) in [6, 6.07) is 45.8. The van der Waals surface area contributed by atoms with Crippen molar-refractivity contribution >= 4 is 17.3 Å². The Hall–Kier alpha value is -5.09. The fourth-order valence-corrected chi connectivity index (χ4v) is 12.4. The second kappa shape index (κ2) is 35.8. The van der Waals surface area contributed by atoms with E-state index in [4.69, 9.17) is 0 Å². The van der Waals surface area contributed by atoms with E-state index in [0.29, 0.717) is 35.6 Å². The highest BCUT2D eigenvalue weighted by molar-refractivity contribution is 5.89. The fourth-order valence-electron chi connectivity index (χ4n) is 12.4. The molecule has 5 heterocycles. The molecule has 0 unspecified atom stereocenters. The molecule has 4 fully saturated rings. The molecule has 0 aliphatic carbocycles. The molecule has 1 N–H and O–H groups in total. The van der Waals surface area contributed by atoms with E-state index in [9.17, 15) is 4.79 Å². The number of nitrogens with zero attached hydrogens (tertiary/aromatic N) is 6. The van der Waals surface area contributed by atoms with Crippen molar-refractivity contribution in [2.45, 2.75) is 188 Å². The first-order valence-corrected chi connectivity index (χ1v) is 33.9. The smallest absolute Gasteiger partial charge is 0.321 e. The van der Waals surface area contributed by atoms with Gasteiger partial charge >= 0.3 is 6.03 Å². The minimum atomic E-state index is 0.00500. The van der Waals surface area contributed by atoms with Crippen LogP contribution in [0.4, 0.5) is 10.5 Å². The molecule has 5 aliphatic rings. The molecular weight excluding hydrogens is 1050 g/mol. The van der Waals surface area contributed by atoms with Crippen molar-refractivity contribution in [2.24, 2.45) is 0 Å². The second-order valence-corrected chi connectivity index (χ2v) is 27.7. The van der Waals surface area contributed by atoms with Crippen molar-refractivity contribution in [3.8, 4) is 0 Å². The fraction of sp³-hybridized carbons (Fsp3) is 0.577. The highest BCUT2D eigenvalue weighted by Gasteiger charge is 2.24.